The Morgan fingerprint density at radius 3 is 2.72 bits per heavy atom. The maximum Gasteiger partial charge on any atom is 0.239 e. The van der Waals surface area contributed by atoms with Crippen LogP contribution in [0.5, 0.6) is 0 Å². The van der Waals surface area contributed by atoms with Gasteiger partial charge in [0, 0.05) is 37.2 Å². The van der Waals surface area contributed by atoms with E-state index in [1.165, 1.54) is 24.1 Å². The zero-order valence-electron chi connectivity index (χ0n) is 19.7. The summed E-state index contributed by atoms with van der Waals surface area (Å²) in [4.78, 5) is 31.3. The highest BCUT2D eigenvalue weighted by Gasteiger charge is 2.34. The van der Waals surface area contributed by atoms with Crippen LogP contribution in [0.15, 0.2) is 30.1 Å². The van der Waals surface area contributed by atoms with Gasteiger partial charge in [-0.3, -0.25) is 14.6 Å². The molecule has 3 N–H and O–H groups in total. The average molecular weight is 442 g/mol. The number of hydrogen-bond acceptors (Lipinski definition) is 5. The standard InChI is InChI=1S/C25H39N5O2/c1-3-4-11-22-25(20-12-13-20)28-16-6-9-19-8-5-14-26-21(19)10-7-15-27-23(31)17-29-24(32)18-30(22)2/h5,8,11,14,20,25,28H,3-4,6-7,9-10,12-13,15-18H2,1-2H3,(H,27,31)(H,29,32). The zero-order chi connectivity index (χ0) is 22.8. The molecular weight excluding hydrogens is 402 g/mol. The van der Waals surface area contributed by atoms with Gasteiger partial charge in [-0.2, -0.15) is 0 Å². The van der Waals surface area contributed by atoms with Gasteiger partial charge in [0.15, 0.2) is 0 Å². The molecule has 7 heteroatoms. The third-order valence-corrected chi connectivity index (χ3v) is 6.21. The minimum absolute atomic E-state index is 0.0137. The van der Waals surface area contributed by atoms with E-state index in [1.807, 2.05) is 19.3 Å². The van der Waals surface area contributed by atoms with E-state index in [2.05, 4.69) is 44.9 Å². The number of rotatable bonds is 3. The Hall–Kier alpha value is -2.41. The molecule has 176 valence electrons. The third kappa shape index (κ3) is 7.62. The van der Waals surface area contributed by atoms with Crippen LogP contribution in [0.3, 0.4) is 0 Å². The lowest BCUT2D eigenvalue weighted by molar-refractivity contribution is -0.126. The number of hydrogen-bond donors (Lipinski definition) is 3. The number of aryl methyl sites for hydroxylation is 2. The Labute approximate surface area is 192 Å². The Morgan fingerprint density at radius 1 is 1.12 bits per heavy atom. The summed E-state index contributed by atoms with van der Waals surface area (Å²) in [5.41, 5.74) is 3.63. The van der Waals surface area contributed by atoms with Crippen LogP contribution in [-0.4, -0.2) is 61.0 Å². The maximum atomic E-state index is 12.5. The summed E-state index contributed by atoms with van der Waals surface area (Å²) in [7, 11) is 1.98. The minimum atomic E-state index is -0.150. The number of aromatic nitrogens is 1. The molecule has 1 unspecified atom stereocenters. The van der Waals surface area contributed by atoms with E-state index in [0.29, 0.717) is 12.5 Å². The Kier molecular flexibility index (Phi) is 9.53. The molecule has 3 rings (SSSR count). The number of carbonyl (C=O) groups excluding carboxylic acids is 2. The summed E-state index contributed by atoms with van der Waals surface area (Å²) in [5, 5.41) is 9.47. The summed E-state index contributed by atoms with van der Waals surface area (Å²) < 4.78 is 0. The summed E-state index contributed by atoms with van der Waals surface area (Å²) in [6.45, 7) is 3.97. The Morgan fingerprint density at radius 2 is 1.94 bits per heavy atom. The van der Waals surface area contributed by atoms with Crippen molar-refractivity contribution >= 4 is 11.8 Å². The van der Waals surface area contributed by atoms with Crippen LogP contribution in [0.25, 0.3) is 0 Å². The first kappa shape index (κ1) is 24.2. The number of unbranched alkanes of at least 4 members (excludes halogenated alkanes) is 1. The molecule has 0 spiro atoms. The fraction of sp³-hybridized carbons (Fsp3) is 0.640. The van der Waals surface area contributed by atoms with Crippen molar-refractivity contribution in [3.05, 3.63) is 41.4 Å². The van der Waals surface area contributed by atoms with Gasteiger partial charge in [0.1, 0.15) is 0 Å². The van der Waals surface area contributed by atoms with Crippen LogP contribution in [0.2, 0.25) is 0 Å². The van der Waals surface area contributed by atoms with E-state index in [4.69, 9.17) is 0 Å². The summed E-state index contributed by atoms with van der Waals surface area (Å²) >= 11 is 0. The van der Waals surface area contributed by atoms with E-state index in [1.54, 1.807) is 0 Å². The Balaban J connectivity index is 1.74. The number of fused-ring (bicyclic) bond motifs is 1. The first-order chi connectivity index (χ1) is 15.6. The molecule has 32 heavy (non-hydrogen) atoms. The predicted octanol–water partition coefficient (Wildman–Crippen LogP) is 2.18. The molecule has 1 aromatic rings. The van der Waals surface area contributed by atoms with Crippen molar-refractivity contribution in [3.63, 3.8) is 0 Å². The lowest BCUT2D eigenvalue weighted by atomic mass is 10.0. The van der Waals surface area contributed by atoms with Gasteiger partial charge in [0.05, 0.1) is 13.1 Å². The molecule has 2 amide bonds. The van der Waals surface area contributed by atoms with Crippen molar-refractivity contribution in [2.75, 3.05) is 33.2 Å². The number of amides is 2. The second kappa shape index (κ2) is 12.6. The van der Waals surface area contributed by atoms with Gasteiger partial charge in [-0.15, -0.1) is 0 Å². The molecular formula is C25H39N5O2. The molecule has 1 aliphatic heterocycles. The molecule has 0 bridgehead atoms. The second-order valence-corrected chi connectivity index (χ2v) is 8.99. The van der Waals surface area contributed by atoms with E-state index in [-0.39, 0.29) is 30.9 Å². The number of allylic oxidation sites excluding steroid dienone is 1. The SMILES string of the molecule is CCCC=C1C(C2CC2)NCCCc2cccnc2CCCNC(=O)CNC(=O)CN1C. The second-order valence-electron chi connectivity index (χ2n) is 8.99. The van der Waals surface area contributed by atoms with Crippen molar-refractivity contribution < 1.29 is 9.59 Å². The largest absolute Gasteiger partial charge is 0.368 e. The van der Waals surface area contributed by atoms with Gasteiger partial charge < -0.3 is 20.9 Å². The molecule has 2 aliphatic rings. The average Bonchev–Trinajstić information content (AvgIpc) is 3.62. The van der Waals surface area contributed by atoms with Gasteiger partial charge >= 0.3 is 0 Å². The fourth-order valence-corrected chi connectivity index (χ4v) is 4.30. The minimum Gasteiger partial charge on any atom is -0.368 e. The molecule has 2 heterocycles. The molecule has 1 atom stereocenters. The zero-order valence-corrected chi connectivity index (χ0v) is 19.7. The van der Waals surface area contributed by atoms with Crippen molar-refractivity contribution in [1.29, 1.82) is 0 Å². The number of likely N-dealkylation sites (N-methyl/N-ethyl adjacent to an activating group) is 1. The third-order valence-electron chi connectivity index (χ3n) is 6.21. The molecule has 1 aromatic heterocycles. The van der Waals surface area contributed by atoms with Crippen molar-refractivity contribution in [1.82, 2.24) is 25.8 Å². The topological polar surface area (TPSA) is 86.4 Å². The normalized spacial score (nSPS) is 23.6. The molecule has 1 saturated carbocycles. The van der Waals surface area contributed by atoms with Crippen LogP contribution in [-0.2, 0) is 22.4 Å². The first-order valence-electron chi connectivity index (χ1n) is 12.2. The molecule has 1 fully saturated rings. The molecule has 7 nitrogen and oxygen atoms in total. The fourth-order valence-electron chi connectivity index (χ4n) is 4.30. The van der Waals surface area contributed by atoms with Gasteiger partial charge in [-0.05, 0) is 69.0 Å². The lowest BCUT2D eigenvalue weighted by Crippen LogP contribution is -2.45. The highest BCUT2D eigenvalue weighted by Crippen LogP contribution is 2.36. The van der Waals surface area contributed by atoms with Crippen molar-refractivity contribution in [2.45, 2.75) is 64.3 Å². The van der Waals surface area contributed by atoms with Crippen molar-refractivity contribution in [2.24, 2.45) is 5.92 Å². The highest BCUT2D eigenvalue weighted by atomic mass is 16.2. The number of nitrogens with zero attached hydrogens (tertiary/aromatic N) is 2. The lowest BCUT2D eigenvalue weighted by Gasteiger charge is -2.30. The van der Waals surface area contributed by atoms with E-state index < -0.39 is 0 Å². The molecule has 0 aromatic carbocycles. The van der Waals surface area contributed by atoms with Gasteiger partial charge in [-0.25, -0.2) is 0 Å². The smallest absolute Gasteiger partial charge is 0.239 e. The Bertz CT molecular complexity index is 790. The molecule has 0 saturated heterocycles. The number of nitrogens with one attached hydrogen (secondary N) is 3. The quantitative estimate of drug-likeness (QED) is 0.669. The van der Waals surface area contributed by atoms with Gasteiger partial charge in [0.25, 0.3) is 0 Å². The van der Waals surface area contributed by atoms with Crippen LogP contribution < -0.4 is 16.0 Å². The predicted molar refractivity (Wildman–Crippen MR) is 127 cm³/mol. The maximum absolute atomic E-state index is 12.5. The van der Waals surface area contributed by atoms with E-state index >= 15 is 0 Å². The molecule has 0 radical (unpaired) electrons. The van der Waals surface area contributed by atoms with Crippen molar-refractivity contribution in [3.8, 4) is 0 Å². The number of carbonyl (C=O) groups is 2. The van der Waals surface area contributed by atoms with Crippen LogP contribution in [0.4, 0.5) is 0 Å². The highest BCUT2D eigenvalue weighted by molar-refractivity contribution is 5.85. The van der Waals surface area contributed by atoms with Crippen LogP contribution >= 0.6 is 0 Å². The summed E-state index contributed by atoms with van der Waals surface area (Å²) in [6.07, 6.45) is 12.4. The summed E-state index contributed by atoms with van der Waals surface area (Å²) in [6, 6.07) is 4.46. The molecule has 1 aliphatic carbocycles. The van der Waals surface area contributed by atoms with Crippen LogP contribution in [0, 0.1) is 5.92 Å². The van der Waals surface area contributed by atoms with Gasteiger partial charge in [0.2, 0.25) is 11.8 Å². The van der Waals surface area contributed by atoms with Crippen LogP contribution in [0.1, 0.15) is 56.7 Å². The number of pyridine rings is 1. The van der Waals surface area contributed by atoms with E-state index in [9.17, 15) is 9.59 Å². The summed E-state index contributed by atoms with van der Waals surface area (Å²) in [5.74, 6) is 0.357. The van der Waals surface area contributed by atoms with Gasteiger partial charge in [-0.1, -0.05) is 25.5 Å². The first-order valence-corrected chi connectivity index (χ1v) is 12.2. The monoisotopic (exact) mass is 441 g/mol. The van der Waals surface area contributed by atoms with E-state index in [0.717, 1.165) is 50.8 Å².